The number of piperidine rings is 1. The summed E-state index contributed by atoms with van der Waals surface area (Å²) >= 11 is 0. The van der Waals surface area contributed by atoms with Gasteiger partial charge in [0.1, 0.15) is 5.76 Å². The lowest BCUT2D eigenvalue weighted by Crippen LogP contribution is -2.43. The Balaban J connectivity index is 1.12. The number of aromatic nitrogens is 4. The molecule has 0 spiro atoms. The zero-order chi connectivity index (χ0) is 24.0. The molecule has 1 fully saturated rings. The summed E-state index contributed by atoms with van der Waals surface area (Å²) in [7, 11) is 0. The second-order valence-electron chi connectivity index (χ2n) is 8.75. The largest absolute Gasteiger partial charge is 0.441 e. The Kier molecular flexibility index (Phi) is 6.94. The van der Waals surface area contributed by atoms with Gasteiger partial charge in [-0.15, -0.1) is 0 Å². The number of hydrogen-bond acceptors (Lipinski definition) is 8. The molecule has 1 aliphatic rings. The highest BCUT2D eigenvalue weighted by Crippen LogP contribution is 2.24. The lowest BCUT2D eigenvalue weighted by molar-refractivity contribution is -0.126. The first-order valence-electron chi connectivity index (χ1n) is 11.9. The first kappa shape index (κ1) is 22.9. The molecule has 1 aromatic carbocycles. The summed E-state index contributed by atoms with van der Waals surface area (Å²) < 4.78 is 11.2. The number of nitrogens with zero attached hydrogens (tertiary/aromatic N) is 5. The van der Waals surface area contributed by atoms with Gasteiger partial charge in [-0.2, -0.15) is 4.98 Å². The molecule has 35 heavy (non-hydrogen) atoms. The standard InChI is InChI=1S/C26H28N6O3/c1-18-22(29-25(34-18)19-6-3-2-4-7-19)17-32-15-5-8-21(16-32)24(33)28-14-11-23-30-26(35-31-23)20-9-12-27-13-10-20/h2-4,6-7,9-10,12-13,21H,5,8,11,14-17H2,1H3,(H,28,33). The van der Waals surface area contributed by atoms with Crippen LogP contribution in [0, 0.1) is 12.8 Å². The van der Waals surface area contributed by atoms with Gasteiger partial charge in [0.05, 0.1) is 11.6 Å². The predicted molar refractivity (Wildman–Crippen MR) is 129 cm³/mol. The molecule has 0 saturated carbocycles. The number of nitrogens with one attached hydrogen (secondary N) is 1. The molecule has 0 aliphatic carbocycles. The second kappa shape index (κ2) is 10.6. The fraction of sp³-hybridized carbons (Fsp3) is 0.346. The van der Waals surface area contributed by atoms with Crippen molar-refractivity contribution in [1.29, 1.82) is 0 Å². The summed E-state index contributed by atoms with van der Waals surface area (Å²) in [4.78, 5) is 28.2. The minimum atomic E-state index is -0.0535. The molecule has 1 N–H and O–H groups in total. The highest BCUT2D eigenvalue weighted by atomic mass is 16.5. The fourth-order valence-electron chi connectivity index (χ4n) is 4.31. The zero-order valence-corrected chi connectivity index (χ0v) is 19.7. The van der Waals surface area contributed by atoms with E-state index in [1.165, 1.54) is 0 Å². The Morgan fingerprint density at radius 3 is 2.71 bits per heavy atom. The van der Waals surface area contributed by atoms with Crippen LogP contribution >= 0.6 is 0 Å². The Bertz CT molecular complexity index is 1250. The third-order valence-electron chi connectivity index (χ3n) is 6.21. The number of benzene rings is 1. The van der Waals surface area contributed by atoms with Crippen LogP contribution in [0.15, 0.2) is 63.8 Å². The number of oxazole rings is 1. The molecule has 1 amide bonds. The summed E-state index contributed by atoms with van der Waals surface area (Å²) in [5, 5.41) is 7.05. The molecule has 9 heteroatoms. The third-order valence-corrected chi connectivity index (χ3v) is 6.21. The SMILES string of the molecule is Cc1oc(-c2ccccc2)nc1CN1CCCC(C(=O)NCCc2noc(-c3ccncc3)n2)C1. The van der Waals surface area contributed by atoms with Gasteiger partial charge in [0.2, 0.25) is 11.8 Å². The molecule has 3 aromatic heterocycles. The Hall–Kier alpha value is -3.85. The molecular weight excluding hydrogens is 444 g/mol. The molecule has 4 aromatic rings. The number of amides is 1. The van der Waals surface area contributed by atoms with Gasteiger partial charge in [-0.3, -0.25) is 14.7 Å². The molecule has 1 unspecified atom stereocenters. The average Bonchev–Trinajstić information content (AvgIpc) is 3.52. The monoisotopic (exact) mass is 472 g/mol. The number of carbonyl (C=O) groups excluding carboxylic acids is 1. The van der Waals surface area contributed by atoms with E-state index in [4.69, 9.17) is 13.9 Å². The lowest BCUT2D eigenvalue weighted by atomic mass is 9.97. The van der Waals surface area contributed by atoms with Gasteiger partial charge >= 0.3 is 0 Å². The van der Waals surface area contributed by atoms with Crippen LogP contribution in [0.3, 0.4) is 0 Å². The van der Waals surface area contributed by atoms with Gasteiger partial charge < -0.3 is 14.3 Å². The van der Waals surface area contributed by atoms with Crippen LogP contribution in [-0.4, -0.2) is 50.5 Å². The van der Waals surface area contributed by atoms with Gasteiger partial charge in [0.15, 0.2) is 5.82 Å². The topological polar surface area (TPSA) is 110 Å². The van der Waals surface area contributed by atoms with Crippen LogP contribution in [0.1, 0.15) is 30.1 Å². The highest BCUT2D eigenvalue weighted by Gasteiger charge is 2.27. The van der Waals surface area contributed by atoms with Crippen molar-refractivity contribution in [3.63, 3.8) is 0 Å². The summed E-state index contributed by atoms with van der Waals surface area (Å²) in [5.41, 5.74) is 2.71. The predicted octanol–water partition coefficient (Wildman–Crippen LogP) is 3.67. The van der Waals surface area contributed by atoms with E-state index in [1.54, 1.807) is 12.4 Å². The van der Waals surface area contributed by atoms with E-state index in [0.717, 1.165) is 42.0 Å². The lowest BCUT2D eigenvalue weighted by Gasteiger charge is -2.31. The van der Waals surface area contributed by atoms with Gasteiger partial charge in [0, 0.05) is 49.6 Å². The fourth-order valence-corrected chi connectivity index (χ4v) is 4.31. The normalized spacial score (nSPS) is 16.3. The number of pyridine rings is 1. The van der Waals surface area contributed by atoms with Crippen LogP contribution in [-0.2, 0) is 17.8 Å². The molecule has 9 nitrogen and oxygen atoms in total. The van der Waals surface area contributed by atoms with Gasteiger partial charge in [0.25, 0.3) is 5.89 Å². The molecule has 1 saturated heterocycles. The smallest absolute Gasteiger partial charge is 0.258 e. The molecule has 0 bridgehead atoms. The Labute approximate surface area is 203 Å². The van der Waals surface area contributed by atoms with Gasteiger partial charge in [-0.05, 0) is 50.6 Å². The molecule has 180 valence electrons. The van der Waals surface area contributed by atoms with E-state index in [9.17, 15) is 4.79 Å². The maximum atomic E-state index is 12.8. The van der Waals surface area contributed by atoms with E-state index >= 15 is 0 Å². The van der Waals surface area contributed by atoms with Crippen LogP contribution in [0.25, 0.3) is 22.9 Å². The number of hydrogen-bond donors (Lipinski definition) is 1. The Morgan fingerprint density at radius 1 is 1.09 bits per heavy atom. The van der Waals surface area contributed by atoms with Crippen LogP contribution in [0.5, 0.6) is 0 Å². The molecule has 4 heterocycles. The molecule has 0 radical (unpaired) electrons. The number of rotatable bonds is 8. The first-order chi connectivity index (χ1) is 17.2. The highest BCUT2D eigenvalue weighted by molar-refractivity contribution is 5.79. The second-order valence-corrected chi connectivity index (χ2v) is 8.75. The summed E-state index contributed by atoms with van der Waals surface area (Å²) in [6, 6.07) is 13.5. The van der Waals surface area contributed by atoms with Gasteiger partial charge in [-0.1, -0.05) is 23.4 Å². The summed E-state index contributed by atoms with van der Waals surface area (Å²) in [5.74, 6) is 2.49. The van der Waals surface area contributed by atoms with E-state index in [2.05, 4.69) is 25.3 Å². The number of aryl methyl sites for hydroxylation is 1. The third kappa shape index (κ3) is 5.63. The number of likely N-dealkylation sites (tertiary alicyclic amines) is 1. The minimum absolute atomic E-state index is 0.0535. The van der Waals surface area contributed by atoms with Crippen molar-refractivity contribution in [3.8, 4) is 22.9 Å². The van der Waals surface area contributed by atoms with E-state index in [1.807, 2.05) is 49.4 Å². The van der Waals surface area contributed by atoms with Crippen molar-refractivity contribution in [1.82, 2.24) is 30.3 Å². The van der Waals surface area contributed by atoms with Crippen molar-refractivity contribution in [2.24, 2.45) is 5.92 Å². The quantitative estimate of drug-likeness (QED) is 0.414. The summed E-state index contributed by atoms with van der Waals surface area (Å²) in [6.45, 7) is 4.73. The molecule has 1 aliphatic heterocycles. The van der Waals surface area contributed by atoms with Crippen LogP contribution in [0.2, 0.25) is 0 Å². The van der Waals surface area contributed by atoms with Crippen molar-refractivity contribution < 1.29 is 13.7 Å². The van der Waals surface area contributed by atoms with Crippen molar-refractivity contribution in [3.05, 3.63) is 72.1 Å². The molecule has 1 atom stereocenters. The van der Waals surface area contributed by atoms with Crippen molar-refractivity contribution >= 4 is 5.91 Å². The summed E-state index contributed by atoms with van der Waals surface area (Å²) in [6.07, 6.45) is 5.72. The minimum Gasteiger partial charge on any atom is -0.441 e. The Morgan fingerprint density at radius 2 is 1.89 bits per heavy atom. The molecular formula is C26H28N6O3. The zero-order valence-electron chi connectivity index (χ0n) is 19.7. The first-order valence-corrected chi connectivity index (χ1v) is 11.9. The average molecular weight is 473 g/mol. The number of carbonyl (C=O) groups is 1. The van der Waals surface area contributed by atoms with Crippen LogP contribution < -0.4 is 5.32 Å². The maximum absolute atomic E-state index is 12.8. The van der Waals surface area contributed by atoms with E-state index in [-0.39, 0.29) is 11.8 Å². The van der Waals surface area contributed by atoms with E-state index < -0.39 is 0 Å². The van der Waals surface area contributed by atoms with Gasteiger partial charge in [-0.25, -0.2) is 4.98 Å². The maximum Gasteiger partial charge on any atom is 0.258 e. The van der Waals surface area contributed by atoms with Crippen molar-refractivity contribution in [2.75, 3.05) is 19.6 Å². The van der Waals surface area contributed by atoms with E-state index in [0.29, 0.717) is 43.7 Å². The van der Waals surface area contributed by atoms with Crippen molar-refractivity contribution in [2.45, 2.75) is 32.7 Å². The molecule has 5 rings (SSSR count). The van der Waals surface area contributed by atoms with Crippen LogP contribution in [0.4, 0.5) is 0 Å².